The van der Waals surface area contributed by atoms with Crippen LogP contribution in [0.15, 0.2) is 0 Å². The average molecular weight is 281 g/mol. The van der Waals surface area contributed by atoms with Crippen LogP contribution < -0.4 is 4.90 Å². The molecule has 0 bridgehead atoms. The summed E-state index contributed by atoms with van der Waals surface area (Å²) in [7, 11) is 4.24. The van der Waals surface area contributed by atoms with Crippen LogP contribution in [0.2, 0.25) is 0 Å². The van der Waals surface area contributed by atoms with Crippen molar-refractivity contribution in [2.24, 2.45) is 0 Å². The Morgan fingerprint density at radius 3 is 2.53 bits per heavy atom. The number of hydrogen-bond acceptors (Lipinski definition) is 5. The van der Waals surface area contributed by atoms with Crippen LogP contribution >= 0.6 is 11.3 Å². The summed E-state index contributed by atoms with van der Waals surface area (Å²) < 4.78 is 0. The number of anilines is 1. The van der Waals surface area contributed by atoms with Crippen LogP contribution in [-0.2, 0) is 5.41 Å². The van der Waals surface area contributed by atoms with Crippen LogP contribution in [0.4, 0.5) is 5.13 Å². The summed E-state index contributed by atoms with van der Waals surface area (Å²) >= 11 is 1.53. The zero-order valence-corrected chi connectivity index (χ0v) is 13.3. The lowest BCUT2D eigenvalue weighted by atomic mass is 9.91. The highest BCUT2D eigenvalue weighted by atomic mass is 32.1. The Morgan fingerprint density at radius 2 is 2.11 bits per heavy atom. The van der Waals surface area contributed by atoms with E-state index in [0.717, 1.165) is 41.5 Å². The van der Waals surface area contributed by atoms with Gasteiger partial charge in [-0.2, -0.15) is 0 Å². The normalized spacial score (nSPS) is 20.3. The molecule has 1 atom stereocenters. The first-order valence-electron chi connectivity index (χ1n) is 6.71. The lowest BCUT2D eigenvalue weighted by Gasteiger charge is -2.20. The number of hydrogen-bond donors (Lipinski definition) is 0. The van der Waals surface area contributed by atoms with E-state index in [2.05, 4.69) is 44.7 Å². The zero-order valence-electron chi connectivity index (χ0n) is 12.4. The molecule has 2 heterocycles. The minimum Gasteiger partial charge on any atom is -0.346 e. The molecular formula is C14H23N3OS. The molecule has 4 nitrogen and oxygen atoms in total. The van der Waals surface area contributed by atoms with E-state index in [1.165, 1.54) is 11.3 Å². The molecular weight excluding hydrogens is 258 g/mol. The first kappa shape index (κ1) is 14.5. The van der Waals surface area contributed by atoms with Crippen molar-refractivity contribution in [1.29, 1.82) is 0 Å². The molecule has 0 N–H and O–H groups in total. The van der Waals surface area contributed by atoms with Gasteiger partial charge >= 0.3 is 0 Å². The van der Waals surface area contributed by atoms with E-state index >= 15 is 0 Å². The number of rotatable bonds is 3. The predicted octanol–water partition coefficient (Wildman–Crippen LogP) is 2.39. The summed E-state index contributed by atoms with van der Waals surface area (Å²) in [4.78, 5) is 21.3. The molecule has 1 saturated heterocycles. The van der Waals surface area contributed by atoms with Gasteiger partial charge in [0.15, 0.2) is 11.4 Å². The lowest BCUT2D eigenvalue weighted by Crippen LogP contribution is -2.31. The third-order valence-electron chi connectivity index (χ3n) is 3.62. The fourth-order valence-electron chi connectivity index (χ4n) is 2.41. The SMILES string of the molecule is CN(C)C1CCN(c2nc(C(C)(C)C)c(C=O)s2)C1. The maximum Gasteiger partial charge on any atom is 0.186 e. The highest BCUT2D eigenvalue weighted by molar-refractivity contribution is 7.17. The smallest absolute Gasteiger partial charge is 0.186 e. The highest BCUT2D eigenvalue weighted by Crippen LogP contribution is 2.34. The van der Waals surface area contributed by atoms with Crippen molar-refractivity contribution in [3.63, 3.8) is 0 Å². The van der Waals surface area contributed by atoms with Crippen LogP contribution in [0.5, 0.6) is 0 Å². The molecule has 0 radical (unpaired) electrons. The topological polar surface area (TPSA) is 36.4 Å². The minimum absolute atomic E-state index is 0.0777. The molecule has 0 spiro atoms. The summed E-state index contributed by atoms with van der Waals surface area (Å²) in [6.07, 6.45) is 2.11. The fourth-order valence-corrected chi connectivity index (χ4v) is 3.53. The van der Waals surface area contributed by atoms with Gasteiger partial charge in [0.05, 0.1) is 10.6 Å². The van der Waals surface area contributed by atoms with Crippen molar-refractivity contribution in [1.82, 2.24) is 9.88 Å². The Morgan fingerprint density at radius 1 is 1.42 bits per heavy atom. The summed E-state index contributed by atoms with van der Waals surface area (Å²) in [5.41, 5.74) is 0.849. The van der Waals surface area contributed by atoms with Crippen LogP contribution in [-0.4, -0.2) is 49.4 Å². The van der Waals surface area contributed by atoms with Gasteiger partial charge in [-0.1, -0.05) is 32.1 Å². The van der Waals surface area contributed by atoms with Crippen LogP contribution in [0.1, 0.15) is 42.6 Å². The molecule has 0 aromatic carbocycles. The van der Waals surface area contributed by atoms with E-state index in [4.69, 9.17) is 4.98 Å². The molecule has 1 aliphatic rings. The number of aldehydes is 1. The Bertz CT molecular complexity index is 462. The zero-order chi connectivity index (χ0) is 14.2. The molecule has 19 heavy (non-hydrogen) atoms. The van der Waals surface area contributed by atoms with Gasteiger partial charge in [0.1, 0.15) is 0 Å². The molecule has 0 saturated carbocycles. The molecule has 1 aromatic rings. The standard InChI is InChI=1S/C14H23N3OS/c1-14(2,3)12-11(9-18)19-13(15-12)17-7-6-10(8-17)16(4)5/h9-10H,6-8H2,1-5H3. The minimum atomic E-state index is -0.0777. The van der Waals surface area contributed by atoms with Gasteiger partial charge in [-0.25, -0.2) is 4.98 Å². The molecule has 2 rings (SSSR count). The van der Waals surface area contributed by atoms with Crippen LogP contribution in [0.25, 0.3) is 0 Å². The third kappa shape index (κ3) is 2.98. The maximum absolute atomic E-state index is 11.2. The van der Waals surface area contributed by atoms with Gasteiger partial charge in [-0.15, -0.1) is 0 Å². The quantitative estimate of drug-likeness (QED) is 0.797. The molecule has 106 valence electrons. The summed E-state index contributed by atoms with van der Waals surface area (Å²) in [5.74, 6) is 0. The number of likely N-dealkylation sites (N-methyl/N-ethyl adjacent to an activating group) is 1. The summed E-state index contributed by atoms with van der Waals surface area (Å²) in [6, 6.07) is 0.585. The Balaban J connectivity index is 2.23. The Hall–Kier alpha value is -0.940. The second-order valence-corrected chi connectivity index (χ2v) is 7.44. The fraction of sp³-hybridized carbons (Fsp3) is 0.714. The number of thiazole rings is 1. The van der Waals surface area contributed by atoms with Crippen molar-refractivity contribution < 1.29 is 4.79 Å². The molecule has 0 aliphatic carbocycles. The van der Waals surface area contributed by atoms with Crippen molar-refractivity contribution in [2.75, 3.05) is 32.1 Å². The number of carbonyl (C=O) groups excluding carboxylic acids is 1. The largest absolute Gasteiger partial charge is 0.346 e. The van der Waals surface area contributed by atoms with E-state index in [9.17, 15) is 4.79 Å². The van der Waals surface area contributed by atoms with Crippen molar-refractivity contribution >= 4 is 22.8 Å². The van der Waals surface area contributed by atoms with E-state index in [-0.39, 0.29) is 5.41 Å². The maximum atomic E-state index is 11.2. The van der Waals surface area contributed by atoms with E-state index in [0.29, 0.717) is 6.04 Å². The monoisotopic (exact) mass is 281 g/mol. The molecule has 0 amide bonds. The second-order valence-electron chi connectivity index (χ2n) is 6.43. The lowest BCUT2D eigenvalue weighted by molar-refractivity contribution is 0.112. The first-order valence-corrected chi connectivity index (χ1v) is 7.52. The predicted molar refractivity (Wildman–Crippen MR) is 80.5 cm³/mol. The van der Waals surface area contributed by atoms with E-state index < -0.39 is 0 Å². The number of carbonyl (C=O) groups is 1. The molecule has 5 heteroatoms. The molecule has 1 aromatic heterocycles. The molecule has 1 aliphatic heterocycles. The van der Waals surface area contributed by atoms with E-state index in [1.807, 2.05) is 0 Å². The second kappa shape index (κ2) is 5.21. The van der Waals surface area contributed by atoms with Crippen molar-refractivity contribution in [3.8, 4) is 0 Å². The average Bonchev–Trinajstić information content (AvgIpc) is 2.94. The van der Waals surface area contributed by atoms with Gasteiger partial charge in [0.25, 0.3) is 0 Å². The van der Waals surface area contributed by atoms with Gasteiger partial charge < -0.3 is 9.80 Å². The van der Waals surface area contributed by atoms with Crippen molar-refractivity contribution in [3.05, 3.63) is 10.6 Å². The Kier molecular flexibility index (Phi) is 3.97. The summed E-state index contributed by atoms with van der Waals surface area (Å²) in [5, 5.41) is 0.997. The molecule has 1 fully saturated rings. The Labute approximate surface area is 119 Å². The first-order chi connectivity index (χ1) is 8.82. The number of nitrogens with zero attached hydrogens (tertiary/aromatic N) is 3. The van der Waals surface area contributed by atoms with E-state index in [1.54, 1.807) is 0 Å². The number of aromatic nitrogens is 1. The molecule has 1 unspecified atom stereocenters. The van der Waals surface area contributed by atoms with Gasteiger partial charge in [0.2, 0.25) is 0 Å². The van der Waals surface area contributed by atoms with Gasteiger partial charge in [-0.3, -0.25) is 4.79 Å². The third-order valence-corrected chi connectivity index (χ3v) is 4.67. The van der Waals surface area contributed by atoms with Crippen molar-refractivity contribution in [2.45, 2.75) is 38.6 Å². The van der Waals surface area contributed by atoms with Gasteiger partial charge in [0, 0.05) is 24.5 Å². The van der Waals surface area contributed by atoms with Crippen LogP contribution in [0, 0.1) is 0 Å². The van der Waals surface area contributed by atoms with Gasteiger partial charge in [-0.05, 0) is 20.5 Å². The van der Waals surface area contributed by atoms with Crippen LogP contribution in [0.3, 0.4) is 0 Å². The highest BCUT2D eigenvalue weighted by Gasteiger charge is 2.29. The summed E-state index contributed by atoms with van der Waals surface area (Å²) in [6.45, 7) is 8.34.